The summed E-state index contributed by atoms with van der Waals surface area (Å²) in [5.74, 6) is 0.562. The third-order valence-corrected chi connectivity index (χ3v) is 6.70. The van der Waals surface area contributed by atoms with Gasteiger partial charge in [0.1, 0.15) is 19.0 Å². The highest BCUT2D eigenvalue weighted by Gasteiger charge is 2.46. The Morgan fingerprint density at radius 2 is 1.77 bits per heavy atom. The standard InChI is InChI=1S/C30H38N2O7/c1-5-7-15-37-22-11-9-20(18-24(22)36-6-2)27-26(29(34)30(35)32(27)14-8-13-31(3)4)28(33)21-10-12-23-25(19-21)39-17-16-38-23/h9-12,18-19,27,33H,5-8,13-17H2,1-4H3/t27-/m0/s1. The molecule has 0 spiro atoms. The van der Waals surface area contributed by atoms with Gasteiger partial charge in [-0.15, -0.1) is 0 Å². The van der Waals surface area contributed by atoms with Crippen molar-refractivity contribution < 1.29 is 33.6 Å². The number of aliphatic hydroxyl groups excluding tert-OH is 1. The molecule has 2 aromatic carbocycles. The quantitative estimate of drug-likeness (QED) is 0.184. The van der Waals surface area contributed by atoms with Crippen molar-refractivity contribution in [2.45, 2.75) is 39.2 Å². The van der Waals surface area contributed by atoms with E-state index in [4.69, 9.17) is 18.9 Å². The second kappa shape index (κ2) is 12.9. The maximum atomic E-state index is 13.4. The molecule has 39 heavy (non-hydrogen) atoms. The molecule has 0 radical (unpaired) electrons. The topological polar surface area (TPSA) is 97.8 Å². The van der Waals surface area contributed by atoms with Crippen LogP contribution in [0.5, 0.6) is 23.0 Å². The summed E-state index contributed by atoms with van der Waals surface area (Å²) in [6, 6.07) is 9.64. The summed E-state index contributed by atoms with van der Waals surface area (Å²) in [6.45, 7) is 6.89. The van der Waals surface area contributed by atoms with Crippen molar-refractivity contribution in [3.05, 3.63) is 53.1 Å². The van der Waals surface area contributed by atoms with E-state index < -0.39 is 17.7 Å². The minimum absolute atomic E-state index is 0.0311. The number of carbonyl (C=O) groups excluding carboxylic acids is 2. The van der Waals surface area contributed by atoms with E-state index in [1.807, 2.05) is 32.0 Å². The molecule has 2 aliphatic rings. The maximum absolute atomic E-state index is 13.4. The van der Waals surface area contributed by atoms with E-state index in [0.717, 1.165) is 19.4 Å². The van der Waals surface area contributed by atoms with Gasteiger partial charge in [0, 0.05) is 12.1 Å². The third-order valence-electron chi connectivity index (χ3n) is 6.70. The van der Waals surface area contributed by atoms with Crippen molar-refractivity contribution in [1.29, 1.82) is 0 Å². The smallest absolute Gasteiger partial charge is 0.295 e. The lowest BCUT2D eigenvalue weighted by atomic mass is 9.94. The molecule has 0 unspecified atom stereocenters. The summed E-state index contributed by atoms with van der Waals surface area (Å²) in [5, 5.41) is 11.5. The number of fused-ring (bicyclic) bond motifs is 1. The summed E-state index contributed by atoms with van der Waals surface area (Å²) in [4.78, 5) is 30.3. The van der Waals surface area contributed by atoms with Crippen LogP contribution in [-0.2, 0) is 9.59 Å². The van der Waals surface area contributed by atoms with Crippen molar-refractivity contribution in [2.75, 3.05) is 53.6 Å². The van der Waals surface area contributed by atoms with Crippen LogP contribution < -0.4 is 18.9 Å². The highest BCUT2D eigenvalue weighted by Crippen LogP contribution is 2.43. The molecule has 0 saturated carbocycles. The van der Waals surface area contributed by atoms with Gasteiger partial charge in [0.05, 0.1) is 24.8 Å². The molecule has 210 valence electrons. The molecule has 0 bridgehead atoms. The van der Waals surface area contributed by atoms with E-state index >= 15 is 0 Å². The van der Waals surface area contributed by atoms with E-state index in [0.29, 0.717) is 73.5 Å². The fraction of sp³-hybridized carbons (Fsp3) is 0.467. The molecular formula is C30H38N2O7. The predicted molar refractivity (Wildman–Crippen MR) is 148 cm³/mol. The van der Waals surface area contributed by atoms with Gasteiger partial charge < -0.3 is 33.9 Å². The van der Waals surface area contributed by atoms with E-state index in [1.54, 1.807) is 30.3 Å². The molecule has 9 nitrogen and oxygen atoms in total. The number of ketones is 1. The zero-order valence-electron chi connectivity index (χ0n) is 23.2. The van der Waals surface area contributed by atoms with Crippen LogP contribution in [0.25, 0.3) is 5.76 Å². The van der Waals surface area contributed by atoms with Gasteiger partial charge in [-0.1, -0.05) is 19.4 Å². The number of unbranched alkanes of at least 4 members (excludes halogenated alkanes) is 1. The van der Waals surface area contributed by atoms with Gasteiger partial charge in [0.25, 0.3) is 11.7 Å². The summed E-state index contributed by atoms with van der Waals surface area (Å²) in [7, 11) is 3.91. The van der Waals surface area contributed by atoms with Crippen LogP contribution in [0.15, 0.2) is 42.0 Å². The Kier molecular flexibility index (Phi) is 9.35. The van der Waals surface area contributed by atoms with Crippen molar-refractivity contribution in [1.82, 2.24) is 9.80 Å². The first-order valence-corrected chi connectivity index (χ1v) is 13.6. The molecule has 2 aliphatic heterocycles. The van der Waals surface area contributed by atoms with Gasteiger partial charge in [-0.05, 0) is 76.3 Å². The van der Waals surface area contributed by atoms with Gasteiger partial charge in [-0.25, -0.2) is 0 Å². The molecule has 2 aromatic rings. The summed E-state index contributed by atoms with van der Waals surface area (Å²) in [5.41, 5.74) is 1.06. The fourth-order valence-electron chi connectivity index (χ4n) is 4.77. The number of Topliss-reactive ketones (excluding diaryl/α,β-unsaturated/α-hetero) is 1. The third kappa shape index (κ3) is 6.30. The van der Waals surface area contributed by atoms with Crippen LogP contribution in [-0.4, -0.2) is 80.2 Å². The molecule has 0 aliphatic carbocycles. The molecular weight excluding hydrogens is 500 g/mol. The first-order chi connectivity index (χ1) is 18.8. The number of benzene rings is 2. The van der Waals surface area contributed by atoms with E-state index in [2.05, 4.69) is 6.92 Å². The molecule has 1 fully saturated rings. The monoisotopic (exact) mass is 538 g/mol. The highest BCUT2D eigenvalue weighted by molar-refractivity contribution is 6.46. The molecule has 0 aromatic heterocycles. The molecule has 2 heterocycles. The van der Waals surface area contributed by atoms with Gasteiger partial charge in [0.2, 0.25) is 0 Å². The van der Waals surface area contributed by atoms with Crippen LogP contribution in [0.3, 0.4) is 0 Å². The van der Waals surface area contributed by atoms with Gasteiger partial charge in [0.15, 0.2) is 23.0 Å². The zero-order valence-corrected chi connectivity index (χ0v) is 23.2. The SMILES string of the molecule is CCCCOc1ccc([C@H]2C(=C(O)c3ccc4c(c3)OCCO4)C(=O)C(=O)N2CCCN(C)C)cc1OCC. The number of carbonyl (C=O) groups is 2. The second-order valence-electron chi connectivity index (χ2n) is 9.85. The van der Waals surface area contributed by atoms with Gasteiger partial charge >= 0.3 is 0 Å². The highest BCUT2D eigenvalue weighted by atomic mass is 16.6. The molecule has 1 saturated heterocycles. The number of amides is 1. The van der Waals surface area contributed by atoms with Crippen molar-refractivity contribution in [3.8, 4) is 23.0 Å². The first kappa shape index (κ1) is 28.3. The Labute approximate surface area is 229 Å². The van der Waals surface area contributed by atoms with Crippen LogP contribution in [0.1, 0.15) is 50.3 Å². The van der Waals surface area contributed by atoms with E-state index in [-0.39, 0.29) is 11.3 Å². The van der Waals surface area contributed by atoms with Crippen LogP contribution in [0, 0.1) is 0 Å². The summed E-state index contributed by atoms with van der Waals surface area (Å²) < 4.78 is 23.1. The average Bonchev–Trinajstić information content (AvgIpc) is 3.18. The maximum Gasteiger partial charge on any atom is 0.295 e. The zero-order chi connectivity index (χ0) is 27.9. The summed E-state index contributed by atoms with van der Waals surface area (Å²) >= 11 is 0. The number of hydrogen-bond donors (Lipinski definition) is 1. The largest absolute Gasteiger partial charge is 0.507 e. The number of ether oxygens (including phenoxy) is 4. The lowest BCUT2D eigenvalue weighted by Gasteiger charge is -2.27. The number of hydrogen-bond acceptors (Lipinski definition) is 8. The number of likely N-dealkylation sites (tertiary alicyclic amines) is 1. The minimum Gasteiger partial charge on any atom is -0.507 e. The van der Waals surface area contributed by atoms with E-state index in [1.165, 1.54) is 4.90 Å². The average molecular weight is 539 g/mol. The predicted octanol–water partition coefficient (Wildman–Crippen LogP) is 4.41. The lowest BCUT2D eigenvalue weighted by molar-refractivity contribution is -0.139. The first-order valence-electron chi connectivity index (χ1n) is 13.6. The van der Waals surface area contributed by atoms with Crippen LogP contribution >= 0.6 is 0 Å². The number of rotatable bonds is 12. The number of aliphatic hydroxyl groups is 1. The van der Waals surface area contributed by atoms with Crippen LogP contribution in [0.2, 0.25) is 0 Å². The molecule has 1 N–H and O–H groups in total. The summed E-state index contributed by atoms with van der Waals surface area (Å²) in [6.07, 6.45) is 2.58. The fourth-order valence-corrected chi connectivity index (χ4v) is 4.77. The Balaban J connectivity index is 1.78. The lowest BCUT2D eigenvalue weighted by Crippen LogP contribution is -2.32. The molecule has 9 heteroatoms. The minimum atomic E-state index is -0.788. The van der Waals surface area contributed by atoms with Crippen molar-refractivity contribution in [2.24, 2.45) is 0 Å². The molecule has 1 amide bonds. The van der Waals surface area contributed by atoms with Gasteiger partial charge in [-0.3, -0.25) is 9.59 Å². The van der Waals surface area contributed by atoms with E-state index in [9.17, 15) is 14.7 Å². The normalized spacial score (nSPS) is 18.1. The molecule has 1 atom stereocenters. The van der Waals surface area contributed by atoms with Crippen molar-refractivity contribution in [3.63, 3.8) is 0 Å². The van der Waals surface area contributed by atoms with Crippen LogP contribution in [0.4, 0.5) is 0 Å². The number of nitrogens with zero attached hydrogens (tertiary/aromatic N) is 2. The molecule has 4 rings (SSSR count). The Hall–Kier alpha value is -3.72. The second-order valence-corrected chi connectivity index (χ2v) is 9.85. The Bertz CT molecular complexity index is 1220. The van der Waals surface area contributed by atoms with Crippen molar-refractivity contribution >= 4 is 17.4 Å². The Morgan fingerprint density at radius 1 is 1.00 bits per heavy atom. The Morgan fingerprint density at radius 3 is 2.49 bits per heavy atom. The van der Waals surface area contributed by atoms with Gasteiger partial charge in [-0.2, -0.15) is 0 Å².